The maximum absolute atomic E-state index is 11.6. The fraction of sp³-hybridized carbons (Fsp3) is 0.500. The van der Waals surface area contributed by atoms with Crippen LogP contribution in [0.4, 0.5) is 11.4 Å². The van der Waals surface area contributed by atoms with Gasteiger partial charge in [0.15, 0.2) is 9.84 Å². The molecule has 1 rings (SSSR count). The second kappa shape index (κ2) is 4.97. The lowest BCUT2D eigenvalue weighted by atomic mass is 10.1. The Labute approximate surface area is 113 Å². The van der Waals surface area contributed by atoms with Crippen LogP contribution in [0.2, 0.25) is 5.02 Å². The van der Waals surface area contributed by atoms with Crippen molar-refractivity contribution in [3.63, 3.8) is 0 Å². The Morgan fingerprint density at radius 3 is 2.44 bits per heavy atom. The maximum Gasteiger partial charge on any atom is 0.154 e. The predicted molar refractivity (Wildman–Crippen MR) is 78.0 cm³/mol. The molecule has 0 heterocycles. The van der Waals surface area contributed by atoms with Gasteiger partial charge in [-0.2, -0.15) is 0 Å². The molecule has 0 saturated heterocycles. The number of nitrogens with one attached hydrogen (secondary N) is 1. The Kier molecular flexibility index (Phi) is 4.18. The second-order valence-electron chi connectivity index (χ2n) is 5.07. The number of nitrogens with two attached hydrogens (primary N) is 1. The molecule has 0 aliphatic carbocycles. The average molecular weight is 291 g/mol. The second-order valence-corrected chi connectivity index (χ2v) is 8.13. The van der Waals surface area contributed by atoms with Crippen molar-refractivity contribution in [3.05, 3.63) is 22.7 Å². The highest BCUT2D eigenvalue weighted by Gasteiger charge is 2.29. The molecule has 6 heteroatoms. The van der Waals surface area contributed by atoms with Crippen molar-refractivity contribution >= 4 is 32.8 Å². The highest BCUT2D eigenvalue weighted by Crippen LogP contribution is 2.27. The van der Waals surface area contributed by atoms with Crippen molar-refractivity contribution in [2.24, 2.45) is 0 Å². The largest absolute Gasteiger partial charge is 0.398 e. The van der Waals surface area contributed by atoms with Crippen LogP contribution in [0.5, 0.6) is 0 Å². The summed E-state index contributed by atoms with van der Waals surface area (Å²) in [7, 11) is -3.12. The Morgan fingerprint density at radius 1 is 1.39 bits per heavy atom. The van der Waals surface area contributed by atoms with E-state index in [1.54, 1.807) is 26.0 Å². The maximum atomic E-state index is 11.6. The molecule has 4 nitrogen and oxygen atoms in total. The molecular weight excluding hydrogens is 272 g/mol. The number of hydrogen-bond donors (Lipinski definition) is 2. The molecule has 1 aromatic carbocycles. The first-order chi connectivity index (χ1) is 8.04. The Bertz CT molecular complexity index is 553. The third-order valence-electron chi connectivity index (χ3n) is 3.05. The van der Waals surface area contributed by atoms with E-state index in [0.717, 1.165) is 11.3 Å². The van der Waals surface area contributed by atoms with Crippen LogP contribution in [0.25, 0.3) is 0 Å². The number of sulfone groups is 1. The van der Waals surface area contributed by atoms with E-state index in [-0.39, 0.29) is 0 Å². The topological polar surface area (TPSA) is 72.2 Å². The molecule has 0 saturated carbocycles. The summed E-state index contributed by atoms with van der Waals surface area (Å²) in [5.74, 6) is 0. The van der Waals surface area contributed by atoms with Gasteiger partial charge in [-0.05, 0) is 38.5 Å². The number of rotatable bonds is 4. The van der Waals surface area contributed by atoms with Gasteiger partial charge in [-0.3, -0.25) is 0 Å². The van der Waals surface area contributed by atoms with Crippen LogP contribution in [0.1, 0.15) is 19.4 Å². The SMILES string of the molecule is Cc1cc(N)c(Cl)cc1NCC(C)(C)S(C)(=O)=O. The first kappa shape index (κ1) is 15.1. The van der Waals surface area contributed by atoms with Gasteiger partial charge in [-0.25, -0.2) is 8.42 Å². The van der Waals surface area contributed by atoms with Gasteiger partial charge in [-0.15, -0.1) is 0 Å². The molecule has 0 atom stereocenters. The molecule has 0 unspecified atom stereocenters. The van der Waals surface area contributed by atoms with Gasteiger partial charge in [0.25, 0.3) is 0 Å². The van der Waals surface area contributed by atoms with Crippen LogP contribution in [-0.2, 0) is 9.84 Å². The normalized spacial score (nSPS) is 12.5. The Morgan fingerprint density at radius 2 is 1.94 bits per heavy atom. The van der Waals surface area contributed by atoms with Crippen molar-refractivity contribution in [1.82, 2.24) is 0 Å². The van der Waals surface area contributed by atoms with E-state index >= 15 is 0 Å². The summed E-state index contributed by atoms with van der Waals surface area (Å²) in [6.45, 7) is 5.57. The molecule has 0 spiro atoms. The summed E-state index contributed by atoms with van der Waals surface area (Å²) in [6.07, 6.45) is 1.23. The Balaban J connectivity index is 2.91. The zero-order valence-electron chi connectivity index (χ0n) is 11.0. The van der Waals surface area contributed by atoms with Crippen LogP contribution < -0.4 is 11.1 Å². The molecule has 0 amide bonds. The minimum Gasteiger partial charge on any atom is -0.398 e. The average Bonchev–Trinajstić information content (AvgIpc) is 2.20. The molecule has 102 valence electrons. The highest BCUT2D eigenvalue weighted by atomic mass is 35.5. The molecule has 0 bridgehead atoms. The van der Waals surface area contributed by atoms with E-state index in [1.165, 1.54) is 6.26 Å². The number of nitrogen functional groups attached to an aromatic ring is 1. The third-order valence-corrected chi connectivity index (χ3v) is 5.53. The van der Waals surface area contributed by atoms with Crippen molar-refractivity contribution in [2.75, 3.05) is 23.9 Å². The summed E-state index contributed by atoms with van der Waals surface area (Å²) in [6, 6.07) is 3.47. The molecule has 0 aliphatic heterocycles. The lowest BCUT2D eigenvalue weighted by molar-refractivity contribution is 0.560. The summed E-state index contributed by atoms with van der Waals surface area (Å²) in [5.41, 5.74) is 7.93. The van der Waals surface area contributed by atoms with Crippen LogP contribution in [0.15, 0.2) is 12.1 Å². The predicted octanol–water partition coefficient (Wildman–Crippen LogP) is 2.47. The van der Waals surface area contributed by atoms with Crippen LogP contribution in [-0.4, -0.2) is 26.0 Å². The number of anilines is 2. The number of hydrogen-bond acceptors (Lipinski definition) is 4. The van der Waals surface area contributed by atoms with E-state index < -0.39 is 14.6 Å². The molecular formula is C12H19ClN2O2S. The van der Waals surface area contributed by atoms with Gasteiger partial charge in [-0.1, -0.05) is 11.6 Å². The fourth-order valence-corrected chi connectivity index (χ4v) is 1.83. The fourth-order valence-electron chi connectivity index (χ4n) is 1.33. The summed E-state index contributed by atoms with van der Waals surface area (Å²) < 4.78 is 22.3. The molecule has 1 aromatic rings. The summed E-state index contributed by atoms with van der Waals surface area (Å²) in [5, 5.41) is 3.57. The lowest BCUT2D eigenvalue weighted by Crippen LogP contribution is -2.38. The van der Waals surface area contributed by atoms with Gasteiger partial charge in [0.1, 0.15) is 0 Å². The molecule has 0 fully saturated rings. The van der Waals surface area contributed by atoms with Crippen LogP contribution in [0, 0.1) is 6.92 Å². The molecule has 0 aliphatic rings. The zero-order valence-corrected chi connectivity index (χ0v) is 12.6. The molecule has 18 heavy (non-hydrogen) atoms. The summed E-state index contributed by atoms with van der Waals surface area (Å²) in [4.78, 5) is 0. The van der Waals surface area contributed by atoms with Crippen LogP contribution in [0.3, 0.4) is 0 Å². The minimum absolute atomic E-state index is 0.312. The standard InChI is InChI=1S/C12H19ClN2O2S/c1-8-5-10(14)9(13)6-11(8)15-7-12(2,3)18(4,16)17/h5-6,15H,7,14H2,1-4H3. The molecule has 0 aromatic heterocycles. The van der Waals surface area contributed by atoms with Crippen LogP contribution >= 0.6 is 11.6 Å². The van der Waals surface area contributed by atoms with E-state index in [0.29, 0.717) is 17.3 Å². The van der Waals surface area contributed by atoms with E-state index in [1.807, 2.05) is 6.92 Å². The van der Waals surface area contributed by atoms with Gasteiger partial charge in [0, 0.05) is 18.5 Å². The quantitative estimate of drug-likeness (QED) is 0.836. The molecule has 3 N–H and O–H groups in total. The van der Waals surface area contributed by atoms with E-state index in [2.05, 4.69) is 5.32 Å². The monoisotopic (exact) mass is 290 g/mol. The zero-order chi connectivity index (χ0) is 14.1. The molecule has 0 radical (unpaired) electrons. The lowest BCUT2D eigenvalue weighted by Gasteiger charge is -2.24. The minimum atomic E-state index is -3.12. The highest BCUT2D eigenvalue weighted by molar-refractivity contribution is 7.92. The number of benzene rings is 1. The summed E-state index contributed by atoms with van der Waals surface area (Å²) >= 11 is 5.94. The van der Waals surface area contributed by atoms with Gasteiger partial charge in [0.05, 0.1) is 15.5 Å². The van der Waals surface area contributed by atoms with Gasteiger partial charge < -0.3 is 11.1 Å². The number of halogens is 1. The first-order valence-corrected chi connectivity index (χ1v) is 7.80. The van der Waals surface area contributed by atoms with Crippen molar-refractivity contribution in [3.8, 4) is 0 Å². The Hall–Kier alpha value is -0.940. The number of aryl methyl sites for hydroxylation is 1. The van der Waals surface area contributed by atoms with Gasteiger partial charge in [0.2, 0.25) is 0 Å². The third kappa shape index (κ3) is 3.29. The van der Waals surface area contributed by atoms with Crippen molar-refractivity contribution in [2.45, 2.75) is 25.5 Å². The van der Waals surface area contributed by atoms with Gasteiger partial charge >= 0.3 is 0 Å². The van der Waals surface area contributed by atoms with E-state index in [9.17, 15) is 8.42 Å². The van der Waals surface area contributed by atoms with Crippen molar-refractivity contribution < 1.29 is 8.42 Å². The smallest absolute Gasteiger partial charge is 0.154 e. The van der Waals surface area contributed by atoms with E-state index in [4.69, 9.17) is 17.3 Å². The first-order valence-electron chi connectivity index (χ1n) is 5.54. The van der Waals surface area contributed by atoms with Crippen molar-refractivity contribution in [1.29, 1.82) is 0 Å².